The second-order valence-corrected chi connectivity index (χ2v) is 5.01. The molecule has 1 unspecified atom stereocenters. The van der Waals surface area contributed by atoms with E-state index in [9.17, 15) is 0 Å². The molecule has 1 aromatic heterocycles. The minimum absolute atomic E-state index is 0.405. The summed E-state index contributed by atoms with van der Waals surface area (Å²) in [5.41, 5.74) is 2.67. The number of aryl methyl sites for hydroxylation is 3. The third-order valence-corrected chi connectivity index (χ3v) is 3.51. The van der Waals surface area contributed by atoms with Crippen molar-refractivity contribution < 1.29 is 0 Å². The lowest BCUT2D eigenvalue weighted by Gasteiger charge is -2.18. The number of nitrogens with one attached hydrogen (secondary N) is 1. The first-order valence-electron chi connectivity index (χ1n) is 6.97. The second-order valence-electron chi connectivity index (χ2n) is 5.01. The first-order chi connectivity index (χ1) is 9.20. The van der Waals surface area contributed by atoms with E-state index in [4.69, 9.17) is 0 Å². The lowest BCUT2D eigenvalue weighted by Crippen LogP contribution is -2.21. The van der Waals surface area contributed by atoms with Gasteiger partial charge in [-0.05, 0) is 25.5 Å². The lowest BCUT2D eigenvalue weighted by molar-refractivity contribution is 0.505. The van der Waals surface area contributed by atoms with Crippen molar-refractivity contribution in [1.29, 1.82) is 0 Å². The number of rotatable bonds is 6. The minimum Gasteiger partial charge on any atom is -0.338 e. The van der Waals surface area contributed by atoms with Crippen molar-refractivity contribution in [1.82, 2.24) is 14.9 Å². The summed E-state index contributed by atoms with van der Waals surface area (Å²) in [6, 6.07) is 9.21. The van der Waals surface area contributed by atoms with E-state index in [0.717, 1.165) is 25.2 Å². The summed E-state index contributed by atoms with van der Waals surface area (Å²) >= 11 is 0. The van der Waals surface area contributed by atoms with Gasteiger partial charge in [0.15, 0.2) is 0 Å². The molecule has 0 aliphatic carbocycles. The molecule has 0 saturated heterocycles. The first kappa shape index (κ1) is 13.8. The average Bonchev–Trinajstić information content (AvgIpc) is 2.81. The Morgan fingerprint density at radius 3 is 2.58 bits per heavy atom. The van der Waals surface area contributed by atoms with Gasteiger partial charge in [-0.2, -0.15) is 0 Å². The molecule has 3 nitrogen and oxygen atoms in total. The number of aromatic nitrogens is 2. The fraction of sp³-hybridized carbons (Fsp3) is 0.438. The van der Waals surface area contributed by atoms with Crippen LogP contribution in [0.1, 0.15) is 36.3 Å². The Labute approximate surface area is 115 Å². The Balaban J connectivity index is 2.04. The van der Waals surface area contributed by atoms with E-state index < -0.39 is 0 Å². The van der Waals surface area contributed by atoms with Crippen LogP contribution < -0.4 is 5.32 Å². The molecule has 102 valence electrons. The normalized spacial score (nSPS) is 12.6. The lowest BCUT2D eigenvalue weighted by atomic mass is 10.0. The standard InChI is InChI=1S/C16H23N3/c1-4-17-15(14-7-5-13(2)6-8-14)9-10-16-18-11-12-19(16)3/h5-8,11-12,15,17H,4,9-10H2,1-3H3. The molecule has 0 aliphatic rings. The molecule has 0 aliphatic heterocycles. The Kier molecular flexibility index (Phi) is 4.74. The molecular formula is C16H23N3. The predicted octanol–water partition coefficient (Wildman–Crippen LogP) is 3.01. The molecule has 2 aromatic rings. The van der Waals surface area contributed by atoms with Gasteiger partial charge >= 0.3 is 0 Å². The zero-order chi connectivity index (χ0) is 13.7. The maximum Gasteiger partial charge on any atom is 0.108 e. The number of hydrogen-bond acceptors (Lipinski definition) is 2. The summed E-state index contributed by atoms with van der Waals surface area (Å²) in [6.45, 7) is 5.26. The third-order valence-electron chi connectivity index (χ3n) is 3.51. The van der Waals surface area contributed by atoms with Gasteiger partial charge in [0.05, 0.1) is 0 Å². The molecule has 0 radical (unpaired) electrons. The molecule has 0 bridgehead atoms. The molecule has 1 heterocycles. The van der Waals surface area contributed by atoms with E-state index in [1.807, 2.05) is 12.4 Å². The Hall–Kier alpha value is -1.61. The third kappa shape index (κ3) is 3.67. The van der Waals surface area contributed by atoms with Crippen LogP contribution in [0.2, 0.25) is 0 Å². The Morgan fingerprint density at radius 1 is 1.26 bits per heavy atom. The van der Waals surface area contributed by atoms with Crippen molar-refractivity contribution in [3.63, 3.8) is 0 Å². The quantitative estimate of drug-likeness (QED) is 0.862. The maximum atomic E-state index is 4.39. The van der Waals surface area contributed by atoms with Gasteiger partial charge in [-0.15, -0.1) is 0 Å². The van der Waals surface area contributed by atoms with Crippen LogP contribution in [0.3, 0.4) is 0 Å². The molecule has 1 N–H and O–H groups in total. The van der Waals surface area contributed by atoms with Crippen molar-refractivity contribution in [2.45, 2.75) is 32.7 Å². The van der Waals surface area contributed by atoms with Gasteiger partial charge in [0.1, 0.15) is 5.82 Å². The van der Waals surface area contributed by atoms with E-state index in [1.165, 1.54) is 11.1 Å². The fourth-order valence-corrected chi connectivity index (χ4v) is 2.34. The summed E-state index contributed by atoms with van der Waals surface area (Å²) in [4.78, 5) is 4.39. The van der Waals surface area contributed by atoms with Crippen molar-refractivity contribution in [2.75, 3.05) is 6.54 Å². The van der Waals surface area contributed by atoms with E-state index in [-0.39, 0.29) is 0 Å². The maximum absolute atomic E-state index is 4.39. The number of benzene rings is 1. The summed E-state index contributed by atoms with van der Waals surface area (Å²) in [5.74, 6) is 1.15. The van der Waals surface area contributed by atoms with E-state index in [0.29, 0.717) is 6.04 Å². The number of nitrogens with zero attached hydrogens (tertiary/aromatic N) is 2. The molecular weight excluding hydrogens is 234 g/mol. The summed E-state index contributed by atoms with van der Waals surface area (Å²) in [6.07, 6.45) is 5.93. The Bertz CT molecular complexity index is 499. The molecule has 0 amide bonds. The number of hydrogen-bond donors (Lipinski definition) is 1. The SMILES string of the molecule is CCNC(CCc1nccn1C)c1ccc(C)cc1. The molecule has 19 heavy (non-hydrogen) atoms. The zero-order valence-electron chi connectivity index (χ0n) is 12.1. The van der Waals surface area contributed by atoms with Gasteiger partial charge in [0.2, 0.25) is 0 Å². The highest BCUT2D eigenvalue weighted by atomic mass is 15.0. The predicted molar refractivity (Wildman–Crippen MR) is 79.1 cm³/mol. The average molecular weight is 257 g/mol. The van der Waals surface area contributed by atoms with Gasteiger partial charge in [0, 0.05) is 31.9 Å². The number of imidazole rings is 1. The van der Waals surface area contributed by atoms with Crippen LogP contribution in [-0.2, 0) is 13.5 Å². The molecule has 0 fully saturated rings. The smallest absolute Gasteiger partial charge is 0.108 e. The summed E-state index contributed by atoms with van der Waals surface area (Å²) in [7, 11) is 2.05. The molecule has 1 aromatic carbocycles. The van der Waals surface area contributed by atoms with Crippen LogP contribution in [-0.4, -0.2) is 16.1 Å². The van der Waals surface area contributed by atoms with Gasteiger partial charge in [-0.3, -0.25) is 0 Å². The van der Waals surface area contributed by atoms with Crippen LogP contribution in [0.5, 0.6) is 0 Å². The summed E-state index contributed by atoms with van der Waals surface area (Å²) < 4.78 is 2.10. The molecule has 0 spiro atoms. The summed E-state index contributed by atoms with van der Waals surface area (Å²) in [5, 5.41) is 3.56. The zero-order valence-corrected chi connectivity index (χ0v) is 12.1. The van der Waals surface area contributed by atoms with Crippen molar-refractivity contribution in [3.05, 3.63) is 53.6 Å². The van der Waals surface area contributed by atoms with Crippen LogP contribution in [0.15, 0.2) is 36.7 Å². The monoisotopic (exact) mass is 257 g/mol. The first-order valence-corrected chi connectivity index (χ1v) is 6.97. The molecule has 3 heteroatoms. The van der Waals surface area contributed by atoms with Crippen molar-refractivity contribution >= 4 is 0 Å². The van der Waals surface area contributed by atoms with Gasteiger partial charge in [-0.1, -0.05) is 36.8 Å². The van der Waals surface area contributed by atoms with Crippen molar-refractivity contribution in [2.24, 2.45) is 7.05 Å². The van der Waals surface area contributed by atoms with E-state index in [1.54, 1.807) is 0 Å². The second kappa shape index (κ2) is 6.53. The van der Waals surface area contributed by atoms with Crippen LogP contribution in [0.25, 0.3) is 0 Å². The fourth-order valence-electron chi connectivity index (χ4n) is 2.34. The van der Waals surface area contributed by atoms with E-state index in [2.05, 4.69) is 60.0 Å². The largest absolute Gasteiger partial charge is 0.338 e. The van der Waals surface area contributed by atoms with Gasteiger partial charge in [-0.25, -0.2) is 4.98 Å². The molecule has 1 atom stereocenters. The van der Waals surface area contributed by atoms with Crippen LogP contribution in [0, 0.1) is 6.92 Å². The highest BCUT2D eigenvalue weighted by Crippen LogP contribution is 2.19. The van der Waals surface area contributed by atoms with Crippen LogP contribution >= 0.6 is 0 Å². The topological polar surface area (TPSA) is 29.9 Å². The minimum atomic E-state index is 0.405. The highest BCUT2D eigenvalue weighted by molar-refractivity contribution is 5.24. The highest BCUT2D eigenvalue weighted by Gasteiger charge is 2.11. The van der Waals surface area contributed by atoms with Gasteiger partial charge < -0.3 is 9.88 Å². The van der Waals surface area contributed by atoms with Crippen molar-refractivity contribution in [3.8, 4) is 0 Å². The molecule has 0 saturated carbocycles. The van der Waals surface area contributed by atoms with Gasteiger partial charge in [0.25, 0.3) is 0 Å². The van der Waals surface area contributed by atoms with Crippen LogP contribution in [0.4, 0.5) is 0 Å². The van der Waals surface area contributed by atoms with E-state index >= 15 is 0 Å². The Morgan fingerprint density at radius 2 is 2.00 bits per heavy atom. The molecule has 2 rings (SSSR count).